The quantitative estimate of drug-likeness (QED) is 0.711. The molecule has 1 saturated carbocycles. The Balaban J connectivity index is 1.95. The van der Waals surface area contributed by atoms with Crippen molar-refractivity contribution in [3.63, 3.8) is 0 Å². The van der Waals surface area contributed by atoms with E-state index in [9.17, 15) is 9.59 Å². The summed E-state index contributed by atoms with van der Waals surface area (Å²) >= 11 is 0. The maximum atomic E-state index is 12.6. The van der Waals surface area contributed by atoms with Gasteiger partial charge in [-0.2, -0.15) is 0 Å². The Hall–Kier alpha value is -1.70. The molecule has 1 aromatic rings. The van der Waals surface area contributed by atoms with Crippen LogP contribution in [-0.2, 0) is 0 Å². The van der Waals surface area contributed by atoms with Crippen molar-refractivity contribution in [1.82, 2.24) is 0 Å². The molecule has 1 fully saturated rings. The van der Waals surface area contributed by atoms with Gasteiger partial charge in [-0.25, -0.2) is 0 Å². The van der Waals surface area contributed by atoms with Crippen LogP contribution < -0.4 is 0 Å². The Kier molecular flexibility index (Phi) is 3.33. The summed E-state index contributed by atoms with van der Waals surface area (Å²) in [7, 11) is 0. The van der Waals surface area contributed by atoms with Crippen LogP contribution in [0.3, 0.4) is 0 Å². The van der Waals surface area contributed by atoms with Gasteiger partial charge in [0.1, 0.15) is 0 Å². The molecular weight excluding hydrogens is 236 g/mol. The Morgan fingerprint density at radius 3 is 2.16 bits per heavy atom. The van der Waals surface area contributed by atoms with E-state index in [0.29, 0.717) is 11.1 Å². The maximum Gasteiger partial charge on any atom is 0.190 e. The third kappa shape index (κ3) is 2.27. The molecule has 2 nitrogen and oxygen atoms in total. The fourth-order valence-electron chi connectivity index (χ4n) is 3.23. The summed E-state index contributed by atoms with van der Waals surface area (Å²) in [4.78, 5) is 24.7. The van der Waals surface area contributed by atoms with Crippen LogP contribution in [-0.4, -0.2) is 11.6 Å². The van der Waals surface area contributed by atoms with Crippen molar-refractivity contribution in [2.75, 3.05) is 0 Å². The summed E-state index contributed by atoms with van der Waals surface area (Å²) in [6.07, 6.45) is 8.54. The minimum Gasteiger partial charge on any atom is -0.289 e. The molecule has 0 atom stereocenters. The third-order valence-electron chi connectivity index (χ3n) is 4.28. The van der Waals surface area contributed by atoms with E-state index >= 15 is 0 Å². The summed E-state index contributed by atoms with van der Waals surface area (Å²) in [5, 5.41) is 0. The standard InChI is InChI=1S/C17H18O2/c18-16-11-15(12-7-3-1-2-4-8-12)17(19)14-10-6-5-9-13(14)16/h5-6,9-12H,1-4,7-8H2. The number of Topliss-reactive ketones (excluding diaryl/α,β-unsaturated/α-hetero) is 1. The number of carbonyl (C=O) groups excluding carboxylic acids is 2. The fourth-order valence-corrected chi connectivity index (χ4v) is 3.23. The van der Waals surface area contributed by atoms with Gasteiger partial charge < -0.3 is 0 Å². The van der Waals surface area contributed by atoms with Crippen molar-refractivity contribution in [1.29, 1.82) is 0 Å². The van der Waals surface area contributed by atoms with Crippen LogP contribution in [0, 0.1) is 5.92 Å². The van der Waals surface area contributed by atoms with Crippen LogP contribution in [0.2, 0.25) is 0 Å². The molecule has 0 spiro atoms. The predicted molar refractivity (Wildman–Crippen MR) is 74.4 cm³/mol. The van der Waals surface area contributed by atoms with Gasteiger partial charge in [-0.15, -0.1) is 0 Å². The van der Waals surface area contributed by atoms with Gasteiger partial charge in [0.2, 0.25) is 0 Å². The number of rotatable bonds is 1. The van der Waals surface area contributed by atoms with Crippen LogP contribution in [0.15, 0.2) is 35.9 Å². The van der Waals surface area contributed by atoms with Gasteiger partial charge in [0, 0.05) is 16.7 Å². The summed E-state index contributed by atoms with van der Waals surface area (Å²) in [5.41, 5.74) is 1.91. The molecule has 0 saturated heterocycles. The topological polar surface area (TPSA) is 34.1 Å². The highest BCUT2D eigenvalue weighted by Crippen LogP contribution is 2.33. The first-order valence-corrected chi connectivity index (χ1v) is 7.17. The molecule has 0 aliphatic heterocycles. The molecule has 0 aromatic heterocycles. The lowest BCUT2D eigenvalue weighted by Gasteiger charge is -2.21. The predicted octanol–water partition coefficient (Wildman–Crippen LogP) is 3.96. The highest BCUT2D eigenvalue weighted by Gasteiger charge is 2.30. The smallest absolute Gasteiger partial charge is 0.190 e. The summed E-state index contributed by atoms with van der Waals surface area (Å²) < 4.78 is 0. The van der Waals surface area contributed by atoms with Crippen LogP contribution >= 0.6 is 0 Å². The monoisotopic (exact) mass is 254 g/mol. The van der Waals surface area contributed by atoms with Gasteiger partial charge in [-0.1, -0.05) is 49.9 Å². The summed E-state index contributed by atoms with van der Waals surface area (Å²) in [6, 6.07) is 7.17. The van der Waals surface area contributed by atoms with E-state index < -0.39 is 0 Å². The number of hydrogen-bond acceptors (Lipinski definition) is 2. The lowest BCUT2D eigenvalue weighted by Crippen LogP contribution is -2.21. The second-order valence-corrected chi connectivity index (χ2v) is 5.53. The van der Waals surface area contributed by atoms with Crippen molar-refractivity contribution in [2.24, 2.45) is 5.92 Å². The maximum absolute atomic E-state index is 12.6. The molecule has 3 rings (SSSR count). The number of benzene rings is 1. The van der Waals surface area contributed by atoms with Crippen LogP contribution in [0.4, 0.5) is 0 Å². The highest BCUT2D eigenvalue weighted by atomic mass is 16.1. The number of hydrogen-bond donors (Lipinski definition) is 0. The van der Waals surface area contributed by atoms with Crippen LogP contribution in [0.25, 0.3) is 0 Å². The van der Waals surface area contributed by atoms with Gasteiger partial charge in [0.05, 0.1) is 0 Å². The lowest BCUT2D eigenvalue weighted by atomic mass is 9.80. The van der Waals surface area contributed by atoms with Gasteiger partial charge in [-0.05, 0) is 24.8 Å². The Morgan fingerprint density at radius 2 is 1.47 bits per heavy atom. The molecule has 19 heavy (non-hydrogen) atoms. The minimum atomic E-state index is -0.00514. The molecule has 1 aromatic carbocycles. The second-order valence-electron chi connectivity index (χ2n) is 5.53. The van der Waals surface area contributed by atoms with Crippen molar-refractivity contribution < 1.29 is 9.59 Å². The minimum absolute atomic E-state index is 0.00514. The Labute approximate surface area is 113 Å². The molecule has 0 unspecified atom stereocenters. The molecule has 0 N–H and O–H groups in total. The Bertz CT molecular complexity index is 546. The van der Waals surface area contributed by atoms with Crippen molar-refractivity contribution in [3.8, 4) is 0 Å². The molecule has 0 radical (unpaired) electrons. The molecule has 0 amide bonds. The van der Waals surface area contributed by atoms with Crippen molar-refractivity contribution in [2.45, 2.75) is 38.5 Å². The molecule has 0 heterocycles. The van der Waals surface area contributed by atoms with Crippen LogP contribution in [0.1, 0.15) is 59.2 Å². The summed E-state index contributed by atoms with van der Waals surface area (Å²) in [5.74, 6) is 0.351. The van der Waals surface area contributed by atoms with Gasteiger partial charge >= 0.3 is 0 Å². The van der Waals surface area contributed by atoms with Crippen LogP contribution in [0.5, 0.6) is 0 Å². The largest absolute Gasteiger partial charge is 0.289 e. The van der Waals surface area contributed by atoms with E-state index in [1.54, 1.807) is 18.2 Å². The first kappa shape index (κ1) is 12.3. The molecule has 2 heteroatoms. The number of ketones is 2. The van der Waals surface area contributed by atoms with E-state index in [2.05, 4.69) is 0 Å². The zero-order valence-electron chi connectivity index (χ0n) is 11.0. The molecule has 2 aliphatic carbocycles. The SMILES string of the molecule is O=C1C=C(C2CCCCCC2)C(=O)c2ccccc21. The fraction of sp³-hybridized carbons (Fsp3) is 0.412. The van der Waals surface area contributed by atoms with E-state index in [1.165, 1.54) is 25.7 Å². The average Bonchev–Trinajstić information content (AvgIpc) is 2.72. The normalized spacial score (nSPS) is 20.7. The zero-order chi connectivity index (χ0) is 13.2. The molecule has 2 aliphatic rings. The first-order valence-electron chi connectivity index (χ1n) is 7.17. The van der Waals surface area contributed by atoms with Gasteiger partial charge in [-0.3, -0.25) is 9.59 Å². The second kappa shape index (κ2) is 5.12. The Morgan fingerprint density at radius 1 is 0.842 bits per heavy atom. The first-order chi connectivity index (χ1) is 9.27. The zero-order valence-corrected chi connectivity index (χ0v) is 11.0. The third-order valence-corrected chi connectivity index (χ3v) is 4.28. The van der Waals surface area contributed by atoms with Crippen molar-refractivity contribution >= 4 is 11.6 Å². The average molecular weight is 254 g/mol. The van der Waals surface area contributed by atoms with E-state index in [4.69, 9.17) is 0 Å². The summed E-state index contributed by atoms with van der Waals surface area (Å²) in [6.45, 7) is 0. The molecule has 0 bridgehead atoms. The number of carbonyl (C=O) groups is 2. The van der Waals surface area contributed by atoms with Crippen molar-refractivity contribution in [3.05, 3.63) is 47.0 Å². The number of fused-ring (bicyclic) bond motifs is 1. The van der Waals surface area contributed by atoms with Gasteiger partial charge in [0.25, 0.3) is 0 Å². The van der Waals surface area contributed by atoms with E-state index in [0.717, 1.165) is 18.4 Å². The van der Waals surface area contributed by atoms with E-state index in [1.807, 2.05) is 12.1 Å². The molecule has 98 valence electrons. The molecular formula is C17H18O2. The van der Waals surface area contributed by atoms with Gasteiger partial charge in [0.15, 0.2) is 11.6 Å². The highest BCUT2D eigenvalue weighted by molar-refractivity contribution is 6.24. The lowest BCUT2D eigenvalue weighted by molar-refractivity contribution is 0.0973. The number of allylic oxidation sites excluding steroid dienone is 2. The van der Waals surface area contributed by atoms with E-state index in [-0.39, 0.29) is 17.5 Å².